The molecule has 6 heteroatoms. The number of hydrogen-bond donors (Lipinski definition) is 0. The number of amides is 2. The third-order valence-electron chi connectivity index (χ3n) is 5.03. The molecule has 0 atom stereocenters. The Bertz CT molecular complexity index is 943. The monoisotopic (exact) mass is 378 g/mol. The lowest BCUT2D eigenvalue weighted by Crippen LogP contribution is -2.40. The lowest BCUT2D eigenvalue weighted by atomic mass is 10.0. The van der Waals surface area contributed by atoms with Gasteiger partial charge >= 0.3 is 0 Å². The predicted octanol–water partition coefficient (Wildman–Crippen LogP) is 2.62. The molecule has 2 aromatic rings. The number of hydrogen-bond acceptors (Lipinski definition) is 5. The minimum Gasteiger partial charge on any atom is -0.497 e. The highest BCUT2D eigenvalue weighted by molar-refractivity contribution is 6.45. The summed E-state index contributed by atoms with van der Waals surface area (Å²) in [6, 6.07) is 14.7. The van der Waals surface area contributed by atoms with Crippen molar-refractivity contribution < 1.29 is 19.1 Å². The first kappa shape index (κ1) is 18.3. The van der Waals surface area contributed by atoms with E-state index in [4.69, 9.17) is 9.47 Å². The molecule has 0 aliphatic carbocycles. The van der Waals surface area contributed by atoms with Gasteiger partial charge in [-0.15, -0.1) is 0 Å². The second kappa shape index (κ2) is 7.48. The quantitative estimate of drug-likeness (QED) is 0.766. The van der Waals surface area contributed by atoms with Crippen LogP contribution in [-0.4, -0.2) is 50.1 Å². The molecule has 28 heavy (non-hydrogen) atoms. The number of nitrogens with zero attached hydrogens (tertiary/aromatic N) is 2. The summed E-state index contributed by atoms with van der Waals surface area (Å²) in [5.74, 6) is 0.107. The summed E-state index contributed by atoms with van der Waals surface area (Å²) in [4.78, 5) is 30.0. The number of aryl methyl sites for hydroxylation is 1. The highest BCUT2D eigenvalue weighted by Gasteiger charge is 2.42. The van der Waals surface area contributed by atoms with Gasteiger partial charge in [0.25, 0.3) is 11.8 Å². The molecule has 0 saturated carbocycles. The van der Waals surface area contributed by atoms with Gasteiger partial charge in [0.05, 0.1) is 31.6 Å². The van der Waals surface area contributed by atoms with E-state index in [1.54, 1.807) is 25.3 Å². The van der Waals surface area contributed by atoms with E-state index < -0.39 is 0 Å². The van der Waals surface area contributed by atoms with E-state index in [2.05, 4.69) is 0 Å². The molecule has 2 aromatic carbocycles. The number of rotatable bonds is 4. The summed E-state index contributed by atoms with van der Waals surface area (Å²) in [6.45, 7) is 4.16. The van der Waals surface area contributed by atoms with Crippen molar-refractivity contribution in [2.45, 2.75) is 6.92 Å². The molecule has 0 radical (unpaired) electrons. The van der Waals surface area contributed by atoms with Gasteiger partial charge < -0.3 is 14.4 Å². The van der Waals surface area contributed by atoms with Gasteiger partial charge in [0.1, 0.15) is 11.4 Å². The van der Waals surface area contributed by atoms with Gasteiger partial charge in [-0.2, -0.15) is 0 Å². The van der Waals surface area contributed by atoms with Crippen molar-refractivity contribution in [1.29, 1.82) is 0 Å². The third kappa shape index (κ3) is 3.16. The molecule has 0 bridgehead atoms. The topological polar surface area (TPSA) is 59.1 Å². The average molecular weight is 378 g/mol. The van der Waals surface area contributed by atoms with Crippen LogP contribution >= 0.6 is 0 Å². The lowest BCUT2D eigenvalue weighted by Gasteiger charge is -2.29. The Balaban J connectivity index is 1.81. The predicted molar refractivity (Wildman–Crippen MR) is 106 cm³/mol. The van der Waals surface area contributed by atoms with Crippen LogP contribution in [0.4, 0.5) is 5.69 Å². The maximum atomic E-state index is 13.4. The van der Waals surface area contributed by atoms with Crippen LogP contribution in [-0.2, 0) is 14.3 Å². The molecule has 1 saturated heterocycles. The van der Waals surface area contributed by atoms with Crippen molar-refractivity contribution in [3.8, 4) is 5.75 Å². The normalized spacial score (nSPS) is 17.5. The highest BCUT2D eigenvalue weighted by Crippen LogP contribution is 2.35. The molecule has 0 unspecified atom stereocenters. The van der Waals surface area contributed by atoms with E-state index in [1.165, 1.54) is 4.90 Å². The molecule has 0 spiro atoms. The highest BCUT2D eigenvalue weighted by atomic mass is 16.5. The van der Waals surface area contributed by atoms with Gasteiger partial charge in [-0.1, -0.05) is 24.3 Å². The maximum Gasteiger partial charge on any atom is 0.282 e. The summed E-state index contributed by atoms with van der Waals surface area (Å²) in [6.07, 6.45) is 0. The number of imide groups is 1. The molecule has 4 rings (SSSR count). The average Bonchev–Trinajstić information content (AvgIpc) is 2.99. The number of carbonyl (C=O) groups excluding carboxylic acids is 2. The summed E-state index contributed by atoms with van der Waals surface area (Å²) < 4.78 is 10.7. The number of anilines is 1. The van der Waals surface area contributed by atoms with Crippen LogP contribution in [0.15, 0.2) is 54.2 Å². The Labute approximate surface area is 164 Å². The first-order valence-electron chi connectivity index (χ1n) is 9.27. The fourth-order valence-electron chi connectivity index (χ4n) is 3.62. The Morgan fingerprint density at radius 2 is 1.68 bits per heavy atom. The van der Waals surface area contributed by atoms with Crippen LogP contribution in [0.1, 0.15) is 11.1 Å². The van der Waals surface area contributed by atoms with E-state index in [-0.39, 0.29) is 11.8 Å². The van der Waals surface area contributed by atoms with Crippen molar-refractivity contribution in [3.05, 3.63) is 65.4 Å². The fourth-order valence-corrected chi connectivity index (χ4v) is 3.62. The first-order valence-corrected chi connectivity index (χ1v) is 9.27. The lowest BCUT2D eigenvalue weighted by molar-refractivity contribution is -0.121. The van der Waals surface area contributed by atoms with E-state index in [0.29, 0.717) is 54.6 Å². The van der Waals surface area contributed by atoms with Crippen molar-refractivity contribution in [2.24, 2.45) is 0 Å². The van der Waals surface area contributed by atoms with Crippen molar-refractivity contribution in [3.63, 3.8) is 0 Å². The maximum absolute atomic E-state index is 13.4. The van der Waals surface area contributed by atoms with Gasteiger partial charge in [0.15, 0.2) is 0 Å². The fraction of sp³-hybridized carbons (Fsp3) is 0.273. The van der Waals surface area contributed by atoms with Gasteiger partial charge in [-0.25, -0.2) is 4.90 Å². The summed E-state index contributed by atoms with van der Waals surface area (Å²) in [7, 11) is 1.59. The van der Waals surface area contributed by atoms with E-state index in [9.17, 15) is 9.59 Å². The molecule has 1 fully saturated rings. The second-order valence-electron chi connectivity index (χ2n) is 6.84. The molecular formula is C22H22N2O4. The van der Waals surface area contributed by atoms with Crippen LogP contribution in [0.2, 0.25) is 0 Å². The Hall–Kier alpha value is -3.12. The number of morpholine rings is 1. The summed E-state index contributed by atoms with van der Waals surface area (Å²) >= 11 is 0. The van der Waals surface area contributed by atoms with Gasteiger partial charge in [-0.3, -0.25) is 9.59 Å². The van der Waals surface area contributed by atoms with E-state index >= 15 is 0 Å². The number of ether oxygens (including phenoxy) is 2. The van der Waals surface area contributed by atoms with Crippen LogP contribution < -0.4 is 9.64 Å². The van der Waals surface area contributed by atoms with E-state index in [0.717, 1.165) is 5.56 Å². The second-order valence-corrected chi connectivity index (χ2v) is 6.84. The zero-order chi connectivity index (χ0) is 19.7. The molecule has 2 aliphatic heterocycles. The van der Waals surface area contributed by atoms with Crippen molar-refractivity contribution in [2.75, 3.05) is 38.3 Å². The molecule has 144 valence electrons. The minimum absolute atomic E-state index is 0.289. The van der Waals surface area contributed by atoms with Crippen LogP contribution in [0, 0.1) is 6.92 Å². The van der Waals surface area contributed by atoms with Gasteiger partial charge in [-0.05, 0) is 42.3 Å². The largest absolute Gasteiger partial charge is 0.497 e. The van der Waals surface area contributed by atoms with Crippen molar-refractivity contribution in [1.82, 2.24) is 4.90 Å². The number of carbonyl (C=O) groups is 2. The SMILES string of the molecule is COc1ccc(C2=C(N3CCOCC3)C(=O)N(c3cccc(C)c3)C2=O)cc1. The van der Waals surface area contributed by atoms with Crippen LogP contribution in [0.5, 0.6) is 5.75 Å². The Morgan fingerprint density at radius 3 is 2.32 bits per heavy atom. The number of methoxy groups -OCH3 is 1. The minimum atomic E-state index is -0.303. The zero-order valence-electron chi connectivity index (χ0n) is 16.0. The van der Waals surface area contributed by atoms with Crippen molar-refractivity contribution >= 4 is 23.1 Å². The van der Waals surface area contributed by atoms with Gasteiger partial charge in [0.2, 0.25) is 0 Å². The van der Waals surface area contributed by atoms with Crippen LogP contribution in [0.25, 0.3) is 5.57 Å². The number of benzene rings is 2. The molecule has 2 aliphatic rings. The van der Waals surface area contributed by atoms with Crippen LogP contribution in [0.3, 0.4) is 0 Å². The smallest absolute Gasteiger partial charge is 0.282 e. The molecule has 0 N–H and O–H groups in total. The molecule has 6 nitrogen and oxygen atoms in total. The zero-order valence-corrected chi connectivity index (χ0v) is 16.0. The standard InChI is InChI=1S/C22H22N2O4/c1-15-4-3-5-17(14-15)24-21(25)19(16-6-8-18(27-2)9-7-16)20(22(24)26)23-10-12-28-13-11-23/h3-9,14H,10-13H2,1-2H3. The first-order chi connectivity index (χ1) is 13.6. The van der Waals surface area contributed by atoms with E-state index in [1.807, 2.05) is 42.2 Å². The molecular weight excluding hydrogens is 356 g/mol. The van der Waals surface area contributed by atoms with Gasteiger partial charge in [0, 0.05) is 13.1 Å². The summed E-state index contributed by atoms with van der Waals surface area (Å²) in [5, 5.41) is 0. The Kier molecular flexibility index (Phi) is 4.88. The molecule has 2 heterocycles. The molecule has 0 aromatic heterocycles. The Morgan fingerprint density at radius 1 is 0.964 bits per heavy atom. The molecule has 2 amide bonds. The third-order valence-corrected chi connectivity index (χ3v) is 5.03. The summed E-state index contributed by atoms with van der Waals surface area (Å²) in [5.41, 5.74) is 3.15.